The van der Waals surface area contributed by atoms with Crippen molar-refractivity contribution < 1.29 is 17.6 Å². The van der Waals surface area contributed by atoms with Gasteiger partial charge < -0.3 is 9.73 Å². The predicted octanol–water partition coefficient (Wildman–Crippen LogP) is 0.918. The standard InChI is InChI=1S/C15H20N2O4S/c18-15(16-13-5-9-22(19,20)11-13)12-3-6-17(7-4-12)10-14-2-1-8-21-14/h1-2,5,8-9,12-13H,3-4,6-7,10-11H2,(H,16,18)/t13-/m1/s1. The van der Waals surface area contributed by atoms with Gasteiger partial charge in [-0.3, -0.25) is 9.69 Å². The second-order valence-electron chi connectivity index (χ2n) is 5.90. The average molecular weight is 324 g/mol. The SMILES string of the molecule is O=C(N[C@@H]1C=CS(=O)(=O)C1)C1CCN(Cc2ccco2)CC1. The van der Waals surface area contributed by atoms with Crippen LogP contribution in [0.15, 0.2) is 34.3 Å². The van der Waals surface area contributed by atoms with Crippen molar-refractivity contribution in [3.05, 3.63) is 35.6 Å². The Bertz CT molecular complexity index is 643. The molecule has 0 aliphatic carbocycles. The number of nitrogens with zero attached hydrogens (tertiary/aromatic N) is 1. The molecule has 3 rings (SSSR count). The van der Waals surface area contributed by atoms with Crippen LogP contribution in [0.4, 0.5) is 0 Å². The number of hydrogen-bond acceptors (Lipinski definition) is 5. The number of likely N-dealkylation sites (tertiary alicyclic amines) is 1. The van der Waals surface area contributed by atoms with E-state index in [4.69, 9.17) is 4.42 Å². The Kier molecular flexibility index (Phi) is 4.35. The monoisotopic (exact) mass is 324 g/mol. The van der Waals surface area contributed by atoms with Crippen LogP contribution in [0.3, 0.4) is 0 Å². The molecule has 1 fully saturated rings. The molecule has 120 valence electrons. The van der Waals surface area contributed by atoms with Gasteiger partial charge in [-0.2, -0.15) is 0 Å². The van der Waals surface area contributed by atoms with Crippen LogP contribution >= 0.6 is 0 Å². The van der Waals surface area contributed by atoms with E-state index in [0.29, 0.717) is 0 Å². The lowest BCUT2D eigenvalue weighted by molar-refractivity contribution is -0.126. The summed E-state index contributed by atoms with van der Waals surface area (Å²) in [6.45, 7) is 2.46. The first-order valence-electron chi connectivity index (χ1n) is 7.48. The molecule has 7 heteroatoms. The molecule has 1 aromatic rings. The van der Waals surface area contributed by atoms with Crippen molar-refractivity contribution in [3.63, 3.8) is 0 Å². The molecule has 2 aliphatic rings. The van der Waals surface area contributed by atoms with Crippen molar-refractivity contribution in [2.45, 2.75) is 25.4 Å². The van der Waals surface area contributed by atoms with Crippen LogP contribution in [0.2, 0.25) is 0 Å². The molecule has 0 saturated carbocycles. The zero-order valence-corrected chi connectivity index (χ0v) is 13.1. The van der Waals surface area contributed by atoms with Crippen molar-refractivity contribution in [1.82, 2.24) is 10.2 Å². The first kappa shape index (κ1) is 15.3. The lowest BCUT2D eigenvalue weighted by Gasteiger charge is -2.31. The van der Waals surface area contributed by atoms with E-state index in [-0.39, 0.29) is 23.6 Å². The van der Waals surface area contributed by atoms with Crippen molar-refractivity contribution in [2.24, 2.45) is 5.92 Å². The van der Waals surface area contributed by atoms with E-state index in [0.717, 1.165) is 38.2 Å². The van der Waals surface area contributed by atoms with Crippen LogP contribution in [0.5, 0.6) is 0 Å². The summed E-state index contributed by atoms with van der Waals surface area (Å²) < 4.78 is 28.0. The molecule has 1 amide bonds. The normalized spacial score (nSPS) is 25.4. The highest BCUT2D eigenvalue weighted by atomic mass is 32.2. The second kappa shape index (κ2) is 6.26. The van der Waals surface area contributed by atoms with Crippen molar-refractivity contribution >= 4 is 15.7 Å². The summed E-state index contributed by atoms with van der Waals surface area (Å²) >= 11 is 0. The Balaban J connectivity index is 1.45. The Morgan fingerprint density at radius 3 is 2.73 bits per heavy atom. The first-order chi connectivity index (χ1) is 10.5. The maximum atomic E-state index is 12.2. The van der Waals surface area contributed by atoms with E-state index in [1.807, 2.05) is 12.1 Å². The van der Waals surface area contributed by atoms with Crippen LogP contribution in [0, 0.1) is 5.92 Å². The topological polar surface area (TPSA) is 79.6 Å². The molecule has 0 spiro atoms. The molecule has 0 unspecified atom stereocenters. The fourth-order valence-electron chi connectivity index (χ4n) is 2.94. The summed E-state index contributed by atoms with van der Waals surface area (Å²) in [6.07, 6.45) is 4.80. The van der Waals surface area contributed by atoms with Gasteiger partial charge in [0, 0.05) is 11.3 Å². The molecule has 6 nitrogen and oxygen atoms in total. The Morgan fingerprint density at radius 1 is 1.36 bits per heavy atom. The molecule has 2 aliphatic heterocycles. The average Bonchev–Trinajstić information content (AvgIpc) is 3.09. The maximum absolute atomic E-state index is 12.2. The third kappa shape index (κ3) is 3.78. The third-order valence-electron chi connectivity index (χ3n) is 4.18. The van der Waals surface area contributed by atoms with E-state index in [1.165, 1.54) is 5.41 Å². The number of hydrogen-bond donors (Lipinski definition) is 1. The molecule has 1 aromatic heterocycles. The first-order valence-corrected chi connectivity index (χ1v) is 9.19. The Labute approximate surface area is 130 Å². The lowest BCUT2D eigenvalue weighted by Crippen LogP contribution is -2.44. The number of rotatable bonds is 4. The number of nitrogens with one attached hydrogen (secondary N) is 1. The molecular weight excluding hydrogens is 304 g/mol. The second-order valence-corrected chi connectivity index (χ2v) is 7.83. The molecule has 0 aromatic carbocycles. The molecule has 1 saturated heterocycles. The van der Waals surface area contributed by atoms with Gasteiger partial charge in [-0.1, -0.05) is 0 Å². The van der Waals surface area contributed by atoms with E-state index in [2.05, 4.69) is 10.2 Å². The third-order valence-corrected chi connectivity index (χ3v) is 5.57. The molecule has 0 radical (unpaired) electrons. The van der Waals surface area contributed by atoms with Gasteiger partial charge in [-0.25, -0.2) is 8.42 Å². The van der Waals surface area contributed by atoms with Crippen molar-refractivity contribution in [3.8, 4) is 0 Å². The predicted molar refractivity (Wildman–Crippen MR) is 81.6 cm³/mol. The largest absolute Gasteiger partial charge is 0.468 e. The van der Waals surface area contributed by atoms with Crippen LogP contribution in [0.25, 0.3) is 0 Å². The number of furan rings is 1. The molecule has 1 atom stereocenters. The van der Waals surface area contributed by atoms with E-state index < -0.39 is 9.84 Å². The van der Waals surface area contributed by atoms with Gasteiger partial charge in [0.1, 0.15) is 5.76 Å². The minimum absolute atomic E-state index is 0.0178. The smallest absolute Gasteiger partial charge is 0.223 e. The zero-order valence-electron chi connectivity index (χ0n) is 12.3. The molecular formula is C15H20N2O4S. The fraction of sp³-hybridized carbons (Fsp3) is 0.533. The van der Waals surface area contributed by atoms with E-state index in [9.17, 15) is 13.2 Å². The molecule has 22 heavy (non-hydrogen) atoms. The molecule has 0 bridgehead atoms. The Hall–Kier alpha value is -1.60. The Morgan fingerprint density at radius 2 is 2.14 bits per heavy atom. The fourth-order valence-corrected chi connectivity index (χ4v) is 4.18. The van der Waals surface area contributed by atoms with Crippen LogP contribution < -0.4 is 5.32 Å². The summed E-state index contributed by atoms with van der Waals surface area (Å²) in [5.41, 5.74) is 0. The van der Waals surface area contributed by atoms with Crippen LogP contribution in [0.1, 0.15) is 18.6 Å². The van der Waals surface area contributed by atoms with Gasteiger partial charge >= 0.3 is 0 Å². The highest BCUT2D eigenvalue weighted by Crippen LogP contribution is 2.20. The van der Waals surface area contributed by atoms with Crippen LogP contribution in [-0.2, 0) is 21.2 Å². The number of amides is 1. The van der Waals surface area contributed by atoms with Crippen molar-refractivity contribution in [2.75, 3.05) is 18.8 Å². The summed E-state index contributed by atoms with van der Waals surface area (Å²) in [7, 11) is -3.12. The summed E-state index contributed by atoms with van der Waals surface area (Å²) in [5.74, 6) is 0.842. The van der Waals surface area contributed by atoms with Gasteiger partial charge in [0.25, 0.3) is 0 Å². The van der Waals surface area contributed by atoms with Crippen LogP contribution in [-0.4, -0.2) is 44.1 Å². The van der Waals surface area contributed by atoms with Gasteiger partial charge in [-0.05, 0) is 44.1 Å². The number of carbonyl (C=O) groups is 1. The minimum atomic E-state index is -3.12. The van der Waals surface area contributed by atoms with E-state index in [1.54, 1.807) is 12.3 Å². The maximum Gasteiger partial charge on any atom is 0.223 e. The lowest BCUT2D eigenvalue weighted by atomic mass is 9.95. The summed E-state index contributed by atoms with van der Waals surface area (Å²) in [5, 5.41) is 4.01. The van der Waals surface area contributed by atoms with Gasteiger partial charge in [0.2, 0.25) is 5.91 Å². The quantitative estimate of drug-likeness (QED) is 0.891. The number of carbonyl (C=O) groups excluding carboxylic acids is 1. The van der Waals surface area contributed by atoms with Crippen molar-refractivity contribution in [1.29, 1.82) is 0 Å². The van der Waals surface area contributed by atoms with Gasteiger partial charge in [0.05, 0.1) is 24.6 Å². The molecule has 1 N–H and O–H groups in total. The zero-order chi connectivity index (χ0) is 15.6. The highest BCUT2D eigenvalue weighted by Gasteiger charge is 2.29. The van der Waals surface area contributed by atoms with E-state index >= 15 is 0 Å². The summed E-state index contributed by atoms with van der Waals surface area (Å²) in [4.78, 5) is 14.5. The molecule has 3 heterocycles. The van der Waals surface area contributed by atoms with Gasteiger partial charge in [0.15, 0.2) is 9.84 Å². The summed E-state index contributed by atoms with van der Waals surface area (Å²) in [6, 6.07) is 3.45. The van der Waals surface area contributed by atoms with Gasteiger partial charge in [-0.15, -0.1) is 0 Å². The number of piperidine rings is 1. The minimum Gasteiger partial charge on any atom is -0.468 e. The highest BCUT2D eigenvalue weighted by molar-refractivity contribution is 7.94. The number of sulfone groups is 1.